The molecule has 0 fully saturated rings. The molecule has 3 rings (SSSR count). The Labute approximate surface area is 163 Å². The monoisotopic (exact) mass is 378 g/mol. The molecule has 3 aromatic rings. The van der Waals surface area contributed by atoms with Crippen LogP contribution in [0.15, 0.2) is 60.9 Å². The Morgan fingerprint density at radius 2 is 1.75 bits per heavy atom. The van der Waals surface area contributed by atoms with Gasteiger partial charge in [-0.25, -0.2) is 9.97 Å². The minimum atomic E-state index is -0.265. The molecule has 0 bridgehead atoms. The number of para-hydroxylation sites is 1. The molecule has 0 aliphatic carbocycles. The van der Waals surface area contributed by atoms with Crippen LogP contribution in [0.3, 0.4) is 0 Å². The van der Waals surface area contributed by atoms with Gasteiger partial charge in [-0.05, 0) is 42.3 Å². The molecule has 2 N–H and O–H groups in total. The number of methoxy groups -OCH3 is 2. The zero-order valence-corrected chi connectivity index (χ0v) is 15.8. The molecule has 1 amide bonds. The highest BCUT2D eigenvalue weighted by molar-refractivity contribution is 5.92. The fourth-order valence-electron chi connectivity index (χ4n) is 2.64. The molecule has 28 heavy (non-hydrogen) atoms. The van der Waals surface area contributed by atoms with Gasteiger partial charge in [-0.15, -0.1) is 0 Å². The van der Waals surface area contributed by atoms with Crippen LogP contribution in [0.2, 0.25) is 0 Å². The second-order valence-electron chi connectivity index (χ2n) is 5.96. The van der Waals surface area contributed by atoms with Crippen LogP contribution in [0.5, 0.6) is 11.5 Å². The quantitative estimate of drug-likeness (QED) is 0.626. The maximum absolute atomic E-state index is 12.3. The van der Waals surface area contributed by atoms with Crippen LogP contribution in [-0.2, 0) is 6.42 Å². The fraction of sp³-hybridized carbons (Fsp3) is 0.190. The van der Waals surface area contributed by atoms with E-state index in [1.165, 1.54) is 12.4 Å². The minimum Gasteiger partial charge on any atom is -0.497 e. The largest absolute Gasteiger partial charge is 0.497 e. The highest BCUT2D eigenvalue weighted by Gasteiger charge is 2.09. The van der Waals surface area contributed by atoms with Crippen molar-refractivity contribution in [3.63, 3.8) is 0 Å². The molecule has 1 heterocycles. The van der Waals surface area contributed by atoms with Gasteiger partial charge in [0.15, 0.2) is 0 Å². The lowest BCUT2D eigenvalue weighted by Crippen LogP contribution is -2.26. The van der Waals surface area contributed by atoms with E-state index in [0.29, 0.717) is 18.8 Å². The Balaban J connectivity index is 1.53. The first kappa shape index (κ1) is 19.2. The molecule has 2 aromatic carbocycles. The normalized spacial score (nSPS) is 10.2. The Hall–Kier alpha value is -3.61. The van der Waals surface area contributed by atoms with Crippen molar-refractivity contribution in [1.82, 2.24) is 15.3 Å². The molecule has 144 valence electrons. The number of carbonyl (C=O) groups is 1. The fourth-order valence-corrected chi connectivity index (χ4v) is 2.64. The van der Waals surface area contributed by atoms with E-state index < -0.39 is 0 Å². The van der Waals surface area contributed by atoms with Gasteiger partial charge >= 0.3 is 0 Å². The number of nitrogens with zero attached hydrogens (tertiary/aromatic N) is 2. The van der Waals surface area contributed by atoms with Crippen molar-refractivity contribution in [2.75, 3.05) is 26.1 Å². The van der Waals surface area contributed by atoms with Crippen molar-refractivity contribution in [2.45, 2.75) is 6.42 Å². The first-order valence-corrected chi connectivity index (χ1v) is 8.83. The smallest absolute Gasteiger partial charge is 0.271 e. The zero-order chi connectivity index (χ0) is 19.8. The van der Waals surface area contributed by atoms with E-state index in [1.54, 1.807) is 14.2 Å². The van der Waals surface area contributed by atoms with Crippen LogP contribution in [0.4, 0.5) is 11.5 Å². The number of rotatable bonds is 8. The molecule has 0 saturated carbocycles. The number of hydrogen-bond donors (Lipinski definition) is 2. The highest BCUT2D eigenvalue weighted by atomic mass is 16.5. The van der Waals surface area contributed by atoms with Crippen LogP contribution in [0, 0.1) is 0 Å². The summed E-state index contributed by atoms with van der Waals surface area (Å²) >= 11 is 0. The van der Waals surface area contributed by atoms with Gasteiger partial charge in [-0.2, -0.15) is 0 Å². The summed E-state index contributed by atoms with van der Waals surface area (Å²) in [5, 5.41) is 5.97. The molecule has 0 spiro atoms. The summed E-state index contributed by atoms with van der Waals surface area (Å²) in [6.07, 6.45) is 3.64. The lowest BCUT2D eigenvalue weighted by molar-refractivity contribution is 0.0948. The van der Waals surface area contributed by atoms with Gasteiger partial charge in [-0.3, -0.25) is 4.79 Å². The first-order valence-electron chi connectivity index (χ1n) is 8.83. The number of aromatic nitrogens is 2. The number of anilines is 2. The second kappa shape index (κ2) is 9.36. The summed E-state index contributed by atoms with van der Waals surface area (Å²) in [5.41, 5.74) is 2.15. The van der Waals surface area contributed by atoms with Crippen LogP contribution < -0.4 is 20.1 Å². The van der Waals surface area contributed by atoms with Crippen molar-refractivity contribution >= 4 is 17.4 Å². The molecule has 0 atom stereocenters. The van der Waals surface area contributed by atoms with E-state index in [4.69, 9.17) is 9.47 Å². The van der Waals surface area contributed by atoms with Crippen LogP contribution >= 0.6 is 0 Å². The number of nitrogens with one attached hydrogen (secondary N) is 2. The summed E-state index contributed by atoms with van der Waals surface area (Å²) in [6.45, 7) is 0.479. The van der Waals surface area contributed by atoms with E-state index in [0.717, 1.165) is 22.7 Å². The van der Waals surface area contributed by atoms with Gasteiger partial charge in [0.1, 0.15) is 23.0 Å². The predicted octanol–water partition coefficient (Wildman–Crippen LogP) is 3.21. The van der Waals surface area contributed by atoms with Gasteiger partial charge in [0.2, 0.25) is 0 Å². The third kappa shape index (κ3) is 4.97. The second-order valence-corrected chi connectivity index (χ2v) is 5.96. The molecule has 0 saturated heterocycles. The molecule has 0 unspecified atom stereocenters. The standard InChI is InChI=1S/C21H22N4O3/c1-27-17-9-7-16(8-10-17)25-20-14-23-18(13-24-20)21(26)22-12-11-15-5-3-4-6-19(15)28-2/h3-10,13-14H,11-12H2,1-2H3,(H,22,26)(H,24,25). The Kier molecular flexibility index (Phi) is 6.41. The van der Waals surface area contributed by atoms with Crippen LogP contribution in [0.25, 0.3) is 0 Å². The predicted molar refractivity (Wildman–Crippen MR) is 107 cm³/mol. The summed E-state index contributed by atoms with van der Waals surface area (Å²) in [4.78, 5) is 20.7. The average molecular weight is 378 g/mol. The van der Waals surface area contributed by atoms with Gasteiger partial charge in [0.25, 0.3) is 5.91 Å². The summed E-state index contributed by atoms with van der Waals surface area (Å²) in [5.74, 6) is 1.87. The molecule has 7 nitrogen and oxygen atoms in total. The maximum Gasteiger partial charge on any atom is 0.271 e. The van der Waals surface area contributed by atoms with Crippen molar-refractivity contribution in [3.05, 3.63) is 72.2 Å². The zero-order valence-electron chi connectivity index (χ0n) is 15.8. The third-order valence-corrected chi connectivity index (χ3v) is 4.12. The van der Waals surface area contributed by atoms with Crippen molar-refractivity contribution < 1.29 is 14.3 Å². The average Bonchev–Trinajstić information content (AvgIpc) is 2.75. The topological polar surface area (TPSA) is 85.4 Å². The lowest BCUT2D eigenvalue weighted by Gasteiger charge is -2.09. The molecule has 0 aliphatic rings. The Morgan fingerprint density at radius 1 is 0.964 bits per heavy atom. The maximum atomic E-state index is 12.3. The summed E-state index contributed by atoms with van der Waals surface area (Å²) in [6, 6.07) is 15.2. The molecular formula is C21H22N4O3. The van der Waals surface area contributed by atoms with E-state index in [2.05, 4.69) is 20.6 Å². The minimum absolute atomic E-state index is 0.264. The van der Waals surface area contributed by atoms with E-state index in [1.807, 2.05) is 48.5 Å². The number of carbonyl (C=O) groups excluding carboxylic acids is 1. The molecule has 0 aliphatic heterocycles. The molecule has 7 heteroatoms. The van der Waals surface area contributed by atoms with Gasteiger partial charge < -0.3 is 20.1 Å². The SMILES string of the molecule is COc1ccc(Nc2cnc(C(=O)NCCc3ccccc3OC)cn2)cc1. The lowest BCUT2D eigenvalue weighted by atomic mass is 10.1. The molecular weight excluding hydrogens is 356 g/mol. The highest BCUT2D eigenvalue weighted by Crippen LogP contribution is 2.18. The van der Waals surface area contributed by atoms with Crippen molar-refractivity contribution in [1.29, 1.82) is 0 Å². The molecule has 0 radical (unpaired) electrons. The number of amides is 1. The van der Waals surface area contributed by atoms with Gasteiger partial charge in [0.05, 0.1) is 26.6 Å². The number of hydrogen-bond acceptors (Lipinski definition) is 6. The third-order valence-electron chi connectivity index (χ3n) is 4.12. The Bertz CT molecular complexity index is 912. The van der Waals surface area contributed by atoms with E-state index in [-0.39, 0.29) is 11.6 Å². The summed E-state index contributed by atoms with van der Waals surface area (Å²) < 4.78 is 10.4. The van der Waals surface area contributed by atoms with E-state index in [9.17, 15) is 4.79 Å². The Morgan fingerprint density at radius 3 is 2.43 bits per heavy atom. The number of benzene rings is 2. The molecule has 1 aromatic heterocycles. The van der Waals surface area contributed by atoms with Crippen LogP contribution in [-0.4, -0.2) is 36.6 Å². The number of ether oxygens (including phenoxy) is 2. The van der Waals surface area contributed by atoms with Crippen LogP contribution in [0.1, 0.15) is 16.1 Å². The van der Waals surface area contributed by atoms with Crippen molar-refractivity contribution in [2.24, 2.45) is 0 Å². The van der Waals surface area contributed by atoms with Gasteiger partial charge in [0, 0.05) is 12.2 Å². The first-order chi connectivity index (χ1) is 13.7. The van der Waals surface area contributed by atoms with E-state index >= 15 is 0 Å². The van der Waals surface area contributed by atoms with Gasteiger partial charge in [-0.1, -0.05) is 18.2 Å². The summed E-state index contributed by atoms with van der Waals surface area (Å²) in [7, 11) is 3.25. The van der Waals surface area contributed by atoms with Crippen molar-refractivity contribution in [3.8, 4) is 11.5 Å².